The molecule has 0 bridgehead atoms. The monoisotopic (exact) mass is 333 g/mol. The molecule has 0 saturated carbocycles. The second-order valence-corrected chi connectivity index (χ2v) is 4.97. The Morgan fingerprint density at radius 2 is 2.00 bits per heavy atom. The molecular weight excluding hydrogens is 325 g/mol. The quantitative estimate of drug-likeness (QED) is 0.779. The van der Waals surface area contributed by atoms with Gasteiger partial charge in [0, 0.05) is 4.47 Å². The molecule has 0 atom stereocenters. The molecule has 2 rings (SSSR count). The van der Waals surface area contributed by atoms with E-state index in [1.54, 1.807) is 6.07 Å². The summed E-state index contributed by atoms with van der Waals surface area (Å²) in [4.78, 5) is 11.5. The molecule has 0 aliphatic heterocycles. The summed E-state index contributed by atoms with van der Waals surface area (Å²) in [6, 6.07) is 10.7. The maximum Gasteiger partial charge on any atom is 0.166 e. The number of hydrogen-bond acceptors (Lipinski definition) is 3. The molecule has 0 heterocycles. The van der Waals surface area contributed by atoms with Gasteiger partial charge in [-0.05, 0) is 43.3 Å². The van der Waals surface area contributed by atoms with Gasteiger partial charge in [0.25, 0.3) is 0 Å². The van der Waals surface area contributed by atoms with Crippen LogP contribution >= 0.6 is 15.9 Å². The lowest BCUT2D eigenvalue weighted by Crippen LogP contribution is -1.98. The fraction of sp³-hybridized carbons (Fsp3) is 0.0667. The second-order valence-electron chi connectivity index (χ2n) is 4.06. The Bertz CT molecular complexity index is 722. The van der Waals surface area contributed by atoms with Crippen molar-refractivity contribution in [1.29, 1.82) is 5.26 Å². The number of carbonyl (C=O) groups excluding carboxylic acids is 1. The van der Waals surface area contributed by atoms with Crippen molar-refractivity contribution < 1.29 is 13.9 Å². The third-order valence-electron chi connectivity index (χ3n) is 2.60. The molecule has 2 aromatic rings. The number of rotatable bonds is 3. The zero-order valence-corrected chi connectivity index (χ0v) is 12.1. The number of nitriles is 1. The molecule has 2 aromatic carbocycles. The molecular formula is C15H9BrFNO2. The molecule has 0 radical (unpaired) electrons. The summed E-state index contributed by atoms with van der Waals surface area (Å²) in [5.74, 6) is -0.623. The van der Waals surface area contributed by atoms with Crippen molar-refractivity contribution >= 4 is 21.7 Å². The number of Topliss-reactive ketones (excluding diaryl/α,β-unsaturated/α-hetero) is 1. The molecule has 20 heavy (non-hydrogen) atoms. The molecule has 0 aliphatic rings. The fourth-order valence-electron chi connectivity index (χ4n) is 1.64. The van der Waals surface area contributed by atoms with Crippen molar-refractivity contribution in [3.8, 4) is 17.6 Å². The first-order chi connectivity index (χ1) is 9.51. The van der Waals surface area contributed by atoms with E-state index in [9.17, 15) is 9.18 Å². The van der Waals surface area contributed by atoms with E-state index in [0.717, 1.165) is 0 Å². The van der Waals surface area contributed by atoms with Gasteiger partial charge in [-0.2, -0.15) is 5.26 Å². The Morgan fingerprint density at radius 1 is 1.25 bits per heavy atom. The lowest BCUT2D eigenvalue weighted by molar-refractivity contribution is 0.101. The van der Waals surface area contributed by atoms with Crippen LogP contribution in [0.1, 0.15) is 22.8 Å². The van der Waals surface area contributed by atoms with Gasteiger partial charge in [-0.3, -0.25) is 4.79 Å². The zero-order chi connectivity index (χ0) is 14.7. The summed E-state index contributed by atoms with van der Waals surface area (Å²) in [5, 5.41) is 8.88. The van der Waals surface area contributed by atoms with Crippen LogP contribution in [0, 0.1) is 17.1 Å². The number of ketones is 1. The number of benzene rings is 2. The van der Waals surface area contributed by atoms with Crippen LogP contribution in [0.25, 0.3) is 0 Å². The Balaban J connectivity index is 2.46. The summed E-state index contributed by atoms with van der Waals surface area (Å²) < 4.78 is 19.8. The van der Waals surface area contributed by atoms with Crippen LogP contribution in [-0.4, -0.2) is 5.78 Å². The number of halogens is 2. The Hall–Kier alpha value is -2.19. The number of ether oxygens (including phenoxy) is 1. The summed E-state index contributed by atoms with van der Waals surface area (Å²) in [7, 11) is 0. The van der Waals surface area contributed by atoms with Gasteiger partial charge in [0.1, 0.15) is 5.75 Å². The molecule has 0 spiro atoms. The third-order valence-corrected chi connectivity index (χ3v) is 3.10. The average Bonchev–Trinajstić information content (AvgIpc) is 2.41. The SMILES string of the molecule is CC(=O)c1ccc(C#N)cc1Oc1ccc(Br)cc1F. The van der Waals surface area contributed by atoms with Crippen molar-refractivity contribution in [2.45, 2.75) is 6.92 Å². The topological polar surface area (TPSA) is 50.1 Å². The molecule has 0 aromatic heterocycles. The molecule has 0 fully saturated rings. The highest BCUT2D eigenvalue weighted by molar-refractivity contribution is 9.10. The zero-order valence-electron chi connectivity index (χ0n) is 10.5. The minimum Gasteiger partial charge on any atom is -0.453 e. The summed E-state index contributed by atoms with van der Waals surface area (Å²) in [5.41, 5.74) is 0.633. The first kappa shape index (κ1) is 14.2. The molecule has 0 aliphatic carbocycles. The van der Waals surface area contributed by atoms with Crippen molar-refractivity contribution in [2.75, 3.05) is 0 Å². The van der Waals surface area contributed by atoms with E-state index in [1.165, 1.54) is 37.3 Å². The normalized spacial score (nSPS) is 9.90. The maximum atomic E-state index is 13.7. The van der Waals surface area contributed by atoms with Crippen LogP contribution < -0.4 is 4.74 Å². The molecule has 0 unspecified atom stereocenters. The van der Waals surface area contributed by atoms with Crippen molar-refractivity contribution in [2.24, 2.45) is 0 Å². The largest absolute Gasteiger partial charge is 0.453 e. The Labute approximate surface area is 123 Å². The van der Waals surface area contributed by atoms with Crippen molar-refractivity contribution in [3.05, 3.63) is 57.8 Å². The van der Waals surface area contributed by atoms with Gasteiger partial charge >= 0.3 is 0 Å². The first-order valence-corrected chi connectivity index (χ1v) is 6.48. The van der Waals surface area contributed by atoms with Gasteiger partial charge in [-0.1, -0.05) is 15.9 Å². The second kappa shape index (κ2) is 5.85. The predicted molar refractivity (Wildman–Crippen MR) is 75.3 cm³/mol. The number of hydrogen-bond donors (Lipinski definition) is 0. The fourth-order valence-corrected chi connectivity index (χ4v) is 1.98. The number of carbonyl (C=O) groups is 1. The van der Waals surface area contributed by atoms with Crippen LogP contribution in [-0.2, 0) is 0 Å². The van der Waals surface area contributed by atoms with E-state index >= 15 is 0 Å². The van der Waals surface area contributed by atoms with E-state index in [1.807, 2.05) is 6.07 Å². The minimum absolute atomic E-state index is 0.00853. The van der Waals surface area contributed by atoms with Gasteiger partial charge in [0.15, 0.2) is 17.3 Å². The van der Waals surface area contributed by atoms with Crippen LogP contribution in [0.4, 0.5) is 4.39 Å². The smallest absolute Gasteiger partial charge is 0.166 e. The summed E-state index contributed by atoms with van der Waals surface area (Å²) >= 11 is 3.15. The highest BCUT2D eigenvalue weighted by Crippen LogP contribution is 2.30. The van der Waals surface area contributed by atoms with Crippen LogP contribution in [0.2, 0.25) is 0 Å². The lowest BCUT2D eigenvalue weighted by Gasteiger charge is -2.10. The summed E-state index contributed by atoms with van der Waals surface area (Å²) in [6.07, 6.45) is 0. The van der Waals surface area contributed by atoms with Crippen molar-refractivity contribution in [1.82, 2.24) is 0 Å². The standard InChI is InChI=1S/C15H9BrFNO2/c1-9(19)12-4-2-10(8-18)6-15(12)20-14-5-3-11(16)7-13(14)17/h2-7H,1H3. The molecule has 0 N–H and O–H groups in total. The first-order valence-electron chi connectivity index (χ1n) is 5.69. The highest BCUT2D eigenvalue weighted by Gasteiger charge is 2.13. The van der Waals surface area contributed by atoms with Gasteiger partial charge in [0.05, 0.1) is 17.2 Å². The van der Waals surface area contributed by atoms with Crippen molar-refractivity contribution in [3.63, 3.8) is 0 Å². The van der Waals surface area contributed by atoms with Gasteiger partial charge < -0.3 is 4.74 Å². The van der Waals surface area contributed by atoms with Gasteiger partial charge in [-0.25, -0.2) is 4.39 Å². The van der Waals surface area contributed by atoms with E-state index < -0.39 is 5.82 Å². The molecule has 0 saturated heterocycles. The Morgan fingerprint density at radius 3 is 2.60 bits per heavy atom. The average molecular weight is 334 g/mol. The van der Waals surface area contributed by atoms with E-state index in [2.05, 4.69) is 15.9 Å². The van der Waals surface area contributed by atoms with E-state index in [0.29, 0.717) is 15.6 Å². The molecule has 100 valence electrons. The van der Waals surface area contributed by atoms with Gasteiger partial charge in [-0.15, -0.1) is 0 Å². The summed E-state index contributed by atoms with van der Waals surface area (Å²) in [6.45, 7) is 1.38. The molecule has 0 amide bonds. The Kier molecular flexibility index (Phi) is 4.16. The minimum atomic E-state index is -0.559. The maximum absolute atomic E-state index is 13.7. The van der Waals surface area contributed by atoms with Crippen LogP contribution in [0.3, 0.4) is 0 Å². The predicted octanol–water partition coefficient (Wildman–Crippen LogP) is 4.45. The molecule has 5 heteroatoms. The van der Waals surface area contributed by atoms with Gasteiger partial charge in [0.2, 0.25) is 0 Å². The van der Waals surface area contributed by atoms with Crippen LogP contribution in [0.15, 0.2) is 40.9 Å². The third kappa shape index (κ3) is 3.03. The van der Waals surface area contributed by atoms with E-state index in [4.69, 9.17) is 10.00 Å². The number of nitrogens with zero attached hydrogens (tertiary/aromatic N) is 1. The lowest BCUT2D eigenvalue weighted by atomic mass is 10.1. The van der Waals surface area contributed by atoms with E-state index in [-0.39, 0.29) is 17.3 Å². The molecule has 3 nitrogen and oxygen atoms in total. The highest BCUT2D eigenvalue weighted by atomic mass is 79.9. The van der Waals surface area contributed by atoms with Crippen LogP contribution in [0.5, 0.6) is 11.5 Å².